The van der Waals surface area contributed by atoms with Gasteiger partial charge in [0.15, 0.2) is 0 Å². The maximum absolute atomic E-state index is 11.9. The van der Waals surface area contributed by atoms with E-state index in [0.717, 1.165) is 0 Å². The van der Waals surface area contributed by atoms with Gasteiger partial charge in [0.1, 0.15) is 17.1 Å². The van der Waals surface area contributed by atoms with Crippen molar-refractivity contribution in [3.8, 4) is 11.8 Å². The largest absolute Gasteiger partial charge is 0.506 e. The van der Waals surface area contributed by atoms with Crippen LogP contribution in [0.2, 0.25) is 0 Å². The smallest absolute Gasteiger partial charge is 0.348 e. The SMILES string of the molecule is N#Cc1ccc(/C(O)=C2\C(=O)Oc3ccccc32)cc1. The van der Waals surface area contributed by atoms with Crippen molar-refractivity contribution < 1.29 is 14.6 Å². The molecule has 0 fully saturated rings. The number of carbonyl (C=O) groups excluding carboxylic acids is 1. The highest BCUT2D eigenvalue weighted by Crippen LogP contribution is 2.37. The summed E-state index contributed by atoms with van der Waals surface area (Å²) < 4.78 is 5.10. The van der Waals surface area contributed by atoms with Gasteiger partial charge in [0.2, 0.25) is 0 Å². The van der Waals surface area contributed by atoms with Crippen molar-refractivity contribution in [1.82, 2.24) is 0 Å². The Bertz CT molecular complexity index is 767. The first-order valence-electron chi connectivity index (χ1n) is 5.96. The Morgan fingerprint density at radius 3 is 2.50 bits per heavy atom. The fourth-order valence-electron chi connectivity index (χ4n) is 2.09. The molecule has 2 aromatic rings. The minimum Gasteiger partial charge on any atom is -0.506 e. The van der Waals surface area contributed by atoms with Crippen molar-refractivity contribution in [2.24, 2.45) is 0 Å². The molecular formula is C16H9NO3. The molecule has 0 spiro atoms. The molecule has 1 heterocycles. The van der Waals surface area contributed by atoms with E-state index in [9.17, 15) is 9.90 Å². The molecule has 4 nitrogen and oxygen atoms in total. The number of nitriles is 1. The molecule has 1 aliphatic rings. The number of rotatable bonds is 1. The van der Waals surface area contributed by atoms with Crippen molar-refractivity contribution in [2.45, 2.75) is 0 Å². The standard InChI is InChI=1S/C16H9NO3/c17-9-10-5-7-11(8-6-10)15(18)14-12-3-1-2-4-13(12)20-16(14)19/h1-8,18H/b15-14+. The number of aliphatic hydroxyl groups is 1. The monoisotopic (exact) mass is 263 g/mol. The highest BCUT2D eigenvalue weighted by molar-refractivity contribution is 6.27. The van der Waals surface area contributed by atoms with Crippen molar-refractivity contribution in [1.29, 1.82) is 5.26 Å². The van der Waals surface area contributed by atoms with Crippen LogP contribution in [0.15, 0.2) is 48.5 Å². The lowest BCUT2D eigenvalue weighted by atomic mass is 10.0. The van der Waals surface area contributed by atoms with Gasteiger partial charge in [-0.2, -0.15) is 5.26 Å². The maximum atomic E-state index is 11.9. The molecule has 0 radical (unpaired) electrons. The van der Waals surface area contributed by atoms with E-state index in [1.54, 1.807) is 48.5 Å². The molecule has 3 rings (SSSR count). The van der Waals surface area contributed by atoms with Gasteiger partial charge in [-0.25, -0.2) is 4.79 Å². The molecule has 0 saturated heterocycles. The third kappa shape index (κ3) is 1.82. The summed E-state index contributed by atoms with van der Waals surface area (Å²) in [6, 6.07) is 15.3. The third-order valence-electron chi connectivity index (χ3n) is 3.09. The lowest BCUT2D eigenvalue weighted by Crippen LogP contribution is -2.03. The first-order chi connectivity index (χ1) is 9.70. The normalized spacial score (nSPS) is 15.2. The van der Waals surface area contributed by atoms with E-state index in [-0.39, 0.29) is 11.3 Å². The fraction of sp³-hybridized carbons (Fsp3) is 0. The molecule has 0 amide bonds. The number of para-hydroxylation sites is 1. The van der Waals surface area contributed by atoms with E-state index in [1.165, 1.54) is 0 Å². The lowest BCUT2D eigenvalue weighted by molar-refractivity contribution is -0.126. The molecule has 20 heavy (non-hydrogen) atoms. The van der Waals surface area contributed by atoms with Crippen LogP contribution in [0.3, 0.4) is 0 Å². The number of nitrogens with zero attached hydrogens (tertiary/aromatic N) is 1. The van der Waals surface area contributed by atoms with Crippen molar-refractivity contribution >= 4 is 17.3 Å². The average Bonchev–Trinajstić information content (AvgIpc) is 2.82. The van der Waals surface area contributed by atoms with E-state index < -0.39 is 5.97 Å². The van der Waals surface area contributed by atoms with Gasteiger partial charge < -0.3 is 9.84 Å². The van der Waals surface area contributed by atoms with E-state index >= 15 is 0 Å². The second-order valence-electron chi connectivity index (χ2n) is 4.30. The average molecular weight is 263 g/mol. The Kier molecular flexibility index (Phi) is 2.73. The first-order valence-corrected chi connectivity index (χ1v) is 5.96. The first kappa shape index (κ1) is 12.0. The van der Waals surface area contributed by atoms with Crippen LogP contribution in [0.5, 0.6) is 5.75 Å². The van der Waals surface area contributed by atoms with Crippen LogP contribution in [0, 0.1) is 11.3 Å². The lowest BCUT2D eigenvalue weighted by Gasteiger charge is -2.03. The molecule has 4 heteroatoms. The Morgan fingerprint density at radius 2 is 1.80 bits per heavy atom. The quantitative estimate of drug-likeness (QED) is 0.371. The van der Waals surface area contributed by atoms with Gasteiger partial charge in [-0.15, -0.1) is 0 Å². The topological polar surface area (TPSA) is 70.3 Å². The summed E-state index contributed by atoms with van der Waals surface area (Å²) in [6.07, 6.45) is 0. The summed E-state index contributed by atoms with van der Waals surface area (Å²) in [7, 11) is 0. The van der Waals surface area contributed by atoms with Gasteiger partial charge in [0.25, 0.3) is 0 Å². The van der Waals surface area contributed by atoms with Gasteiger partial charge >= 0.3 is 5.97 Å². The number of carbonyl (C=O) groups is 1. The van der Waals surface area contributed by atoms with Crippen LogP contribution >= 0.6 is 0 Å². The minimum absolute atomic E-state index is 0.144. The fourth-order valence-corrected chi connectivity index (χ4v) is 2.09. The minimum atomic E-state index is -0.576. The Balaban J connectivity index is 2.14. The molecule has 0 unspecified atom stereocenters. The number of ether oxygens (including phenoxy) is 1. The summed E-state index contributed by atoms with van der Waals surface area (Å²) in [6.45, 7) is 0. The zero-order valence-electron chi connectivity index (χ0n) is 10.3. The Morgan fingerprint density at radius 1 is 1.10 bits per heavy atom. The second-order valence-corrected chi connectivity index (χ2v) is 4.30. The predicted octanol–water partition coefficient (Wildman–Crippen LogP) is 2.90. The molecule has 0 aliphatic carbocycles. The summed E-state index contributed by atoms with van der Waals surface area (Å²) in [5.74, 6) is -0.287. The van der Waals surface area contributed by atoms with Crippen LogP contribution in [-0.2, 0) is 4.79 Å². The van der Waals surface area contributed by atoms with E-state index in [4.69, 9.17) is 10.00 Å². The van der Waals surface area contributed by atoms with Gasteiger partial charge in [-0.05, 0) is 30.3 Å². The number of hydrogen-bond donors (Lipinski definition) is 1. The van der Waals surface area contributed by atoms with Crippen LogP contribution in [0.4, 0.5) is 0 Å². The van der Waals surface area contributed by atoms with Gasteiger partial charge in [0.05, 0.1) is 11.6 Å². The predicted molar refractivity (Wildman–Crippen MR) is 72.7 cm³/mol. The molecule has 1 aliphatic heterocycles. The van der Waals surface area contributed by atoms with Crippen molar-refractivity contribution in [3.05, 3.63) is 65.2 Å². The maximum Gasteiger partial charge on any atom is 0.348 e. The number of benzene rings is 2. The molecule has 0 saturated carbocycles. The summed E-state index contributed by atoms with van der Waals surface area (Å²) in [5, 5.41) is 19.0. The molecule has 1 N–H and O–H groups in total. The van der Waals surface area contributed by atoms with Crippen LogP contribution in [0.25, 0.3) is 11.3 Å². The van der Waals surface area contributed by atoms with Gasteiger partial charge in [-0.3, -0.25) is 0 Å². The Labute approximate surface area is 115 Å². The molecular weight excluding hydrogens is 254 g/mol. The van der Waals surface area contributed by atoms with E-state index in [2.05, 4.69) is 0 Å². The van der Waals surface area contributed by atoms with Crippen LogP contribution < -0.4 is 4.74 Å². The number of hydrogen-bond acceptors (Lipinski definition) is 4. The van der Waals surface area contributed by atoms with Gasteiger partial charge in [-0.1, -0.05) is 18.2 Å². The zero-order chi connectivity index (χ0) is 14.1. The summed E-state index contributed by atoms with van der Waals surface area (Å²) in [5.41, 5.74) is 1.67. The van der Waals surface area contributed by atoms with Gasteiger partial charge in [0, 0.05) is 11.1 Å². The van der Waals surface area contributed by atoms with Crippen LogP contribution in [-0.4, -0.2) is 11.1 Å². The number of aliphatic hydroxyl groups excluding tert-OH is 1. The number of esters is 1. The molecule has 0 bridgehead atoms. The Hall–Kier alpha value is -3.06. The summed E-state index contributed by atoms with van der Waals surface area (Å²) >= 11 is 0. The van der Waals surface area contributed by atoms with E-state index in [1.807, 2.05) is 6.07 Å². The molecule has 96 valence electrons. The zero-order valence-corrected chi connectivity index (χ0v) is 10.3. The highest BCUT2D eigenvalue weighted by Gasteiger charge is 2.30. The highest BCUT2D eigenvalue weighted by atomic mass is 16.5. The van der Waals surface area contributed by atoms with Crippen molar-refractivity contribution in [2.75, 3.05) is 0 Å². The van der Waals surface area contributed by atoms with Crippen LogP contribution in [0.1, 0.15) is 16.7 Å². The van der Waals surface area contributed by atoms with E-state index in [0.29, 0.717) is 22.4 Å². The number of fused-ring (bicyclic) bond motifs is 1. The molecule has 2 aromatic carbocycles. The summed E-state index contributed by atoms with van der Waals surface area (Å²) in [4.78, 5) is 11.9. The molecule has 0 aromatic heterocycles. The third-order valence-corrected chi connectivity index (χ3v) is 3.09. The van der Waals surface area contributed by atoms with Crippen molar-refractivity contribution in [3.63, 3.8) is 0 Å². The molecule has 0 atom stereocenters. The second kappa shape index (κ2) is 4.56.